The van der Waals surface area contributed by atoms with E-state index in [0.717, 1.165) is 16.5 Å². The molecule has 2 aromatic rings. The van der Waals surface area contributed by atoms with E-state index in [2.05, 4.69) is 20.6 Å². The second-order valence-electron chi connectivity index (χ2n) is 4.58. The molecule has 0 unspecified atom stereocenters. The molecule has 0 saturated carbocycles. The van der Waals surface area contributed by atoms with Crippen LogP contribution in [0, 0.1) is 6.92 Å². The molecule has 2 rings (SSSR count). The van der Waals surface area contributed by atoms with Crippen LogP contribution in [0.2, 0.25) is 0 Å². The van der Waals surface area contributed by atoms with Gasteiger partial charge in [0.2, 0.25) is 5.13 Å². The molecule has 2 aromatic heterocycles. The van der Waals surface area contributed by atoms with Crippen LogP contribution >= 0.6 is 23.1 Å². The fourth-order valence-corrected chi connectivity index (χ4v) is 3.43. The Morgan fingerprint density at radius 3 is 2.74 bits per heavy atom. The van der Waals surface area contributed by atoms with Crippen LogP contribution in [0.25, 0.3) is 0 Å². The third-order valence-electron chi connectivity index (χ3n) is 2.86. The number of halogens is 3. The van der Waals surface area contributed by atoms with Crippen molar-refractivity contribution in [1.82, 2.24) is 20.0 Å². The zero-order valence-corrected chi connectivity index (χ0v) is 14.1. The maximum atomic E-state index is 12.7. The predicted molar refractivity (Wildman–Crippen MR) is 81.6 cm³/mol. The van der Waals surface area contributed by atoms with Crippen LogP contribution in [-0.4, -0.2) is 31.6 Å². The Morgan fingerprint density at radius 1 is 1.48 bits per heavy atom. The molecule has 0 aliphatic rings. The molecule has 0 bridgehead atoms. The molecule has 0 aliphatic carbocycles. The first-order valence-corrected chi connectivity index (χ1v) is 8.43. The number of hydrogen-bond acceptors (Lipinski definition) is 6. The molecule has 23 heavy (non-hydrogen) atoms. The number of aryl methyl sites for hydroxylation is 1. The summed E-state index contributed by atoms with van der Waals surface area (Å²) in [6, 6.07) is 0.00216. The van der Waals surface area contributed by atoms with Crippen LogP contribution in [0.4, 0.5) is 18.3 Å². The Labute approximate surface area is 138 Å². The van der Waals surface area contributed by atoms with Crippen molar-refractivity contribution >= 4 is 34.1 Å². The predicted octanol–water partition coefficient (Wildman–Crippen LogP) is 3.37. The number of aromatic nitrogens is 4. The Balaban J connectivity index is 2.11. The molecule has 6 nitrogen and oxygen atoms in total. The van der Waals surface area contributed by atoms with E-state index < -0.39 is 23.8 Å². The number of carbonyl (C=O) groups excluding carboxylic acids is 1. The molecule has 1 N–H and O–H groups in total. The summed E-state index contributed by atoms with van der Waals surface area (Å²) in [6.07, 6.45) is -4.54. The maximum Gasteiger partial charge on any atom is 0.435 e. The molecule has 0 fully saturated rings. The summed E-state index contributed by atoms with van der Waals surface area (Å²) in [4.78, 5) is 12.2. The maximum absolute atomic E-state index is 12.7. The Kier molecular flexibility index (Phi) is 5.30. The average Bonchev–Trinajstić information content (AvgIpc) is 3.04. The summed E-state index contributed by atoms with van der Waals surface area (Å²) in [5.74, 6) is 0.320. The zero-order chi connectivity index (χ0) is 17.2. The number of amides is 1. The first kappa shape index (κ1) is 17.7. The third kappa shape index (κ3) is 4.22. The van der Waals surface area contributed by atoms with Gasteiger partial charge in [-0.25, -0.2) is 0 Å². The minimum atomic E-state index is -4.54. The lowest BCUT2D eigenvalue weighted by Gasteiger charge is -2.13. The van der Waals surface area contributed by atoms with E-state index >= 15 is 0 Å². The van der Waals surface area contributed by atoms with E-state index in [1.807, 2.05) is 6.92 Å². The summed E-state index contributed by atoms with van der Waals surface area (Å²) in [7, 11) is 0. The van der Waals surface area contributed by atoms with Crippen molar-refractivity contribution in [3.05, 3.63) is 17.5 Å². The number of nitrogens with zero attached hydrogens (tertiary/aromatic N) is 4. The normalized spacial score (nSPS) is 13.1. The number of carbonyl (C=O) groups is 1. The summed E-state index contributed by atoms with van der Waals surface area (Å²) in [6.45, 7) is 4.90. The second kappa shape index (κ2) is 6.87. The molecule has 126 valence electrons. The molecule has 2 heterocycles. The van der Waals surface area contributed by atoms with Crippen LogP contribution in [0.5, 0.6) is 0 Å². The Bertz CT molecular complexity index is 697. The molecule has 0 saturated heterocycles. The lowest BCUT2D eigenvalue weighted by Crippen LogP contribution is -2.25. The second-order valence-corrected chi connectivity index (χ2v) is 7.07. The van der Waals surface area contributed by atoms with Gasteiger partial charge in [-0.1, -0.05) is 30.0 Å². The number of anilines is 1. The van der Waals surface area contributed by atoms with Gasteiger partial charge in [-0.05, 0) is 25.7 Å². The minimum absolute atomic E-state index is 0.250. The SMILES string of the molecule is CCSc1nnc(NC(=O)[C@H](C)n2nc(C(F)(F)F)cc2C)s1. The molecule has 0 aromatic carbocycles. The highest BCUT2D eigenvalue weighted by atomic mass is 32.2. The monoisotopic (exact) mass is 365 g/mol. The largest absolute Gasteiger partial charge is 0.435 e. The third-order valence-corrected chi connectivity index (χ3v) is 4.72. The lowest BCUT2D eigenvalue weighted by atomic mass is 10.3. The van der Waals surface area contributed by atoms with Gasteiger partial charge in [0.05, 0.1) is 0 Å². The van der Waals surface area contributed by atoms with Gasteiger partial charge in [0.1, 0.15) is 6.04 Å². The number of alkyl halides is 3. The molecule has 0 radical (unpaired) electrons. The van der Waals surface area contributed by atoms with Gasteiger partial charge in [-0.15, -0.1) is 10.2 Å². The van der Waals surface area contributed by atoms with Crippen molar-refractivity contribution < 1.29 is 18.0 Å². The van der Waals surface area contributed by atoms with Gasteiger partial charge in [0.15, 0.2) is 10.0 Å². The van der Waals surface area contributed by atoms with Gasteiger partial charge in [-0.2, -0.15) is 18.3 Å². The van der Waals surface area contributed by atoms with Crippen LogP contribution in [0.15, 0.2) is 10.4 Å². The van der Waals surface area contributed by atoms with Crippen molar-refractivity contribution in [2.75, 3.05) is 11.1 Å². The van der Waals surface area contributed by atoms with E-state index in [0.29, 0.717) is 9.47 Å². The van der Waals surface area contributed by atoms with Gasteiger partial charge < -0.3 is 0 Å². The quantitative estimate of drug-likeness (QED) is 0.650. The first-order chi connectivity index (χ1) is 10.7. The van der Waals surface area contributed by atoms with Crippen molar-refractivity contribution in [2.24, 2.45) is 0 Å². The molecular formula is C12H14F3N5OS2. The molecular weight excluding hydrogens is 351 g/mol. The fourth-order valence-electron chi connectivity index (χ4n) is 1.78. The summed E-state index contributed by atoms with van der Waals surface area (Å²) >= 11 is 2.70. The van der Waals surface area contributed by atoms with Crippen LogP contribution in [0.3, 0.4) is 0 Å². The van der Waals surface area contributed by atoms with E-state index in [-0.39, 0.29) is 5.69 Å². The van der Waals surface area contributed by atoms with E-state index in [9.17, 15) is 18.0 Å². The highest BCUT2D eigenvalue weighted by Crippen LogP contribution is 2.30. The van der Waals surface area contributed by atoms with Crippen LogP contribution < -0.4 is 5.32 Å². The van der Waals surface area contributed by atoms with Crippen molar-refractivity contribution in [1.29, 1.82) is 0 Å². The van der Waals surface area contributed by atoms with Crippen molar-refractivity contribution in [3.63, 3.8) is 0 Å². The molecule has 11 heteroatoms. The number of nitrogens with one attached hydrogen (secondary N) is 1. The Morgan fingerprint density at radius 2 is 2.17 bits per heavy atom. The summed E-state index contributed by atoms with van der Waals surface area (Å²) < 4.78 is 39.8. The van der Waals surface area contributed by atoms with Gasteiger partial charge >= 0.3 is 6.18 Å². The highest BCUT2D eigenvalue weighted by Gasteiger charge is 2.35. The summed E-state index contributed by atoms with van der Waals surface area (Å²) in [5.41, 5.74) is -0.772. The average molecular weight is 365 g/mol. The van der Waals surface area contributed by atoms with Crippen molar-refractivity contribution in [2.45, 2.75) is 37.3 Å². The van der Waals surface area contributed by atoms with Gasteiger partial charge in [-0.3, -0.25) is 14.8 Å². The Hall–Kier alpha value is -1.62. The van der Waals surface area contributed by atoms with Gasteiger partial charge in [0.25, 0.3) is 5.91 Å². The topological polar surface area (TPSA) is 72.7 Å². The number of rotatable bonds is 5. The number of hydrogen-bond donors (Lipinski definition) is 1. The van der Waals surface area contributed by atoms with E-state index in [1.165, 1.54) is 36.9 Å². The standard InChI is InChI=1S/C12H14F3N5OS2/c1-4-22-11-18-17-10(23-11)16-9(21)7(3)20-6(2)5-8(19-20)12(13,14)15/h5,7H,4H2,1-3H3,(H,16,17,21)/t7-/m0/s1. The minimum Gasteiger partial charge on any atom is -0.299 e. The van der Waals surface area contributed by atoms with Crippen molar-refractivity contribution in [3.8, 4) is 0 Å². The highest BCUT2D eigenvalue weighted by molar-refractivity contribution is 8.01. The first-order valence-electron chi connectivity index (χ1n) is 6.63. The van der Waals surface area contributed by atoms with Crippen LogP contribution in [-0.2, 0) is 11.0 Å². The fraction of sp³-hybridized carbons (Fsp3) is 0.500. The summed E-state index contributed by atoms with van der Waals surface area (Å²) in [5, 5.41) is 14.0. The zero-order valence-electron chi connectivity index (χ0n) is 12.5. The molecule has 1 amide bonds. The molecule has 1 atom stereocenters. The van der Waals surface area contributed by atoms with E-state index in [4.69, 9.17) is 0 Å². The van der Waals surface area contributed by atoms with Crippen LogP contribution in [0.1, 0.15) is 31.3 Å². The lowest BCUT2D eigenvalue weighted by molar-refractivity contribution is -0.141. The number of thioether (sulfide) groups is 1. The molecule has 0 aliphatic heterocycles. The van der Waals surface area contributed by atoms with E-state index in [1.54, 1.807) is 0 Å². The smallest absolute Gasteiger partial charge is 0.299 e. The molecule has 0 spiro atoms. The van der Waals surface area contributed by atoms with Gasteiger partial charge in [0, 0.05) is 5.69 Å².